The molecule has 6 heteroatoms. The minimum absolute atomic E-state index is 0.0541. The summed E-state index contributed by atoms with van der Waals surface area (Å²) in [6, 6.07) is 5.65. The first-order chi connectivity index (χ1) is 9.15. The molecule has 0 saturated heterocycles. The molecule has 1 aromatic heterocycles. The van der Waals surface area contributed by atoms with E-state index in [1.165, 1.54) is 18.3 Å². The Morgan fingerprint density at radius 3 is 3.00 bits per heavy atom. The molecule has 0 fully saturated rings. The number of oxazole rings is 1. The minimum atomic E-state index is -0.670. The zero-order chi connectivity index (χ0) is 13.8. The van der Waals surface area contributed by atoms with Gasteiger partial charge in [0.25, 0.3) is 0 Å². The summed E-state index contributed by atoms with van der Waals surface area (Å²) in [6.45, 7) is 1.89. The SMILES string of the molecule is CCOC(=O)c1cnc(-c2ccc(C#N)c(F)c2)o1. The van der Waals surface area contributed by atoms with E-state index in [-0.39, 0.29) is 23.8 Å². The van der Waals surface area contributed by atoms with Gasteiger partial charge in [0.15, 0.2) is 0 Å². The third-order valence-corrected chi connectivity index (χ3v) is 2.32. The molecule has 0 saturated carbocycles. The Balaban J connectivity index is 2.31. The van der Waals surface area contributed by atoms with Gasteiger partial charge < -0.3 is 9.15 Å². The van der Waals surface area contributed by atoms with Crippen LogP contribution in [0.5, 0.6) is 0 Å². The van der Waals surface area contributed by atoms with Crippen molar-refractivity contribution < 1.29 is 18.3 Å². The maximum absolute atomic E-state index is 13.4. The van der Waals surface area contributed by atoms with Gasteiger partial charge in [-0.25, -0.2) is 14.2 Å². The zero-order valence-corrected chi connectivity index (χ0v) is 10.0. The number of halogens is 1. The fourth-order valence-corrected chi connectivity index (χ4v) is 1.44. The largest absolute Gasteiger partial charge is 0.460 e. The molecule has 1 aromatic carbocycles. The number of aromatic nitrogens is 1. The monoisotopic (exact) mass is 260 g/mol. The van der Waals surface area contributed by atoms with Crippen molar-refractivity contribution in [2.24, 2.45) is 0 Å². The number of nitriles is 1. The molecule has 96 valence electrons. The second-order valence-electron chi connectivity index (χ2n) is 3.56. The molecule has 1 heterocycles. The lowest BCUT2D eigenvalue weighted by atomic mass is 10.1. The highest BCUT2D eigenvalue weighted by molar-refractivity contribution is 5.86. The van der Waals surface area contributed by atoms with Gasteiger partial charge in [-0.05, 0) is 25.1 Å². The number of esters is 1. The van der Waals surface area contributed by atoms with Crippen LogP contribution in [0.3, 0.4) is 0 Å². The number of carbonyl (C=O) groups excluding carboxylic acids is 1. The normalized spacial score (nSPS) is 9.95. The van der Waals surface area contributed by atoms with Gasteiger partial charge in [-0.3, -0.25) is 0 Å². The van der Waals surface area contributed by atoms with Crippen LogP contribution in [-0.4, -0.2) is 17.6 Å². The lowest BCUT2D eigenvalue weighted by molar-refractivity contribution is 0.0491. The van der Waals surface area contributed by atoms with Gasteiger partial charge in [0, 0.05) is 5.56 Å². The average Bonchev–Trinajstić information content (AvgIpc) is 2.88. The first-order valence-corrected chi connectivity index (χ1v) is 5.48. The van der Waals surface area contributed by atoms with E-state index in [1.807, 2.05) is 0 Å². The van der Waals surface area contributed by atoms with Gasteiger partial charge in [0.05, 0.1) is 18.4 Å². The third kappa shape index (κ3) is 2.60. The lowest BCUT2D eigenvalue weighted by Gasteiger charge is -1.98. The van der Waals surface area contributed by atoms with E-state index in [9.17, 15) is 9.18 Å². The zero-order valence-electron chi connectivity index (χ0n) is 10.0. The fraction of sp³-hybridized carbons (Fsp3) is 0.154. The molecule has 0 N–H and O–H groups in total. The van der Waals surface area contributed by atoms with E-state index >= 15 is 0 Å². The number of ether oxygens (including phenoxy) is 1. The quantitative estimate of drug-likeness (QED) is 0.792. The van der Waals surface area contributed by atoms with Crippen LogP contribution in [0.4, 0.5) is 4.39 Å². The summed E-state index contributed by atoms with van der Waals surface area (Å²) < 4.78 is 23.4. The fourth-order valence-electron chi connectivity index (χ4n) is 1.44. The predicted octanol–water partition coefficient (Wildman–Crippen LogP) is 2.53. The Morgan fingerprint density at radius 2 is 2.37 bits per heavy atom. The van der Waals surface area contributed by atoms with Gasteiger partial charge >= 0.3 is 5.97 Å². The van der Waals surface area contributed by atoms with Crippen LogP contribution in [0.15, 0.2) is 28.8 Å². The minimum Gasteiger partial charge on any atom is -0.460 e. The second kappa shape index (κ2) is 5.31. The molecular weight excluding hydrogens is 251 g/mol. The van der Waals surface area contributed by atoms with Gasteiger partial charge in [0.1, 0.15) is 11.9 Å². The van der Waals surface area contributed by atoms with Crippen molar-refractivity contribution in [1.82, 2.24) is 4.98 Å². The molecule has 19 heavy (non-hydrogen) atoms. The van der Waals surface area contributed by atoms with E-state index < -0.39 is 11.8 Å². The molecular formula is C13H9FN2O3. The van der Waals surface area contributed by atoms with E-state index in [2.05, 4.69) is 4.98 Å². The molecule has 0 amide bonds. The van der Waals surface area contributed by atoms with Crippen molar-refractivity contribution in [3.63, 3.8) is 0 Å². The molecule has 5 nitrogen and oxygen atoms in total. The molecule has 0 atom stereocenters. The third-order valence-electron chi connectivity index (χ3n) is 2.32. The first-order valence-electron chi connectivity index (χ1n) is 5.48. The number of hydrogen-bond acceptors (Lipinski definition) is 5. The number of benzene rings is 1. The summed E-state index contributed by atoms with van der Waals surface area (Å²) in [5.41, 5.74) is 0.271. The van der Waals surface area contributed by atoms with E-state index in [0.717, 1.165) is 6.07 Å². The van der Waals surface area contributed by atoms with Crippen molar-refractivity contribution in [2.45, 2.75) is 6.92 Å². The van der Waals surface area contributed by atoms with Crippen molar-refractivity contribution in [1.29, 1.82) is 5.26 Å². The highest BCUT2D eigenvalue weighted by atomic mass is 19.1. The van der Waals surface area contributed by atoms with E-state index in [1.54, 1.807) is 13.0 Å². The highest BCUT2D eigenvalue weighted by Gasteiger charge is 2.15. The average molecular weight is 260 g/mol. The van der Waals surface area contributed by atoms with Crippen molar-refractivity contribution in [3.8, 4) is 17.5 Å². The van der Waals surface area contributed by atoms with Crippen LogP contribution in [0, 0.1) is 17.1 Å². The lowest BCUT2D eigenvalue weighted by Crippen LogP contribution is -2.02. The number of carbonyl (C=O) groups is 1. The molecule has 0 bridgehead atoms. The Labute approximate surface area is 108 Å². The second-order valence-corrected chi connectivity index (χ2v) is 3.56. The molecule has 0 unspecified atom stereocenters. The molecule has 0 radical (unpaired) electrons. The smallest absolute Gasteiger partial charge is 0.375 e. The Morgan fingerprint density at radius 1 is 1.58 bits per heavy atom. The summed E-state index contributed by atoms with van der Waals surface area (Å²) in [5.74, 6) is -1.26. The summed E-state index contributed by atoms with van der Waals surface area (Å²) in [5, 5.41) is 8.63. The van der Waals surface area contributed by atoms with E-state index in [4.69, 9.17) is 14.4 Å². The number of rotatable bonds is 3. The van der Waals surface area contributed by atoms with Gasteiger partial charge in [-0.1, -0.05) is 0 Å². The van der Waals surface area contributed by atoms with Crippen LogP contribution >= 0.6 is 0 Å². The Kier molecular flexibility index (Phi) is 3.57. The van der Waals surface area contributed by atoms with Crippen LogP contribution in [0.2, 0.25) is 0 Å². The molecule has 0 aliphatic carbocycles. The molecule has 0 aliphatic rings. The van der Waals surface area contributed by atoms with Crippen LogP contribution in [0.25, 0.3) is 11.5 Å². The molecule has 0 aliphatic heterocycles. The topological polar surface area (TPSA) is 76.1 Å². The standard InChI is InChI=1S/C13H9FN2O3/c1-2-18-13(17)11-7-16-12(19-11)8-3-4-9(6-15)10(14)5-8/h3-5,7H,2H2,1H3. The number of hydrogen-bond donors (Lipinski definition) is 0. The summed E-state index contributed by atoms with van der Waals surface area (Å²) in [4.78, 5) is 15.3. The van der Waals surface area contributed by atoms with Gasteiger partial charge in [0.2, 0.25) is 11.7 Å². The maximum Gasteiger partial charge on any atom is 0.375 e. The van der Waals surface area contributed by atoms with Crippen molar-refractivity contribution in [3.05, 3.63) is 41.5 Å². The van der Waals surface area contributed by atoms with Crippen molar-refractivity contribution in [2.75, 3.05) is 6.61 Å². The molecule has 2 rings (SSSR count). The maximum atomic E-state index is 13.4. The van der Waals surface area contributed by atoms with Gasteiger partial charge in [-0.2, -0.15) is 5.26 Å². The van der Waals surface area contributed by atoms with Crippen LogP contribution < -0.4 is 0 Å². The summed E-state index contributed by atoms with van der Waals surface area (Å²) in [6.07, 6.45) is 1.21. The Bertz CT molecular complexity index is 658. The highest BCUT2D eigenvalue weighted by Crippen LogP contribution is 2.21. The predicted molar refractivity (Wildman–Crippen MR) is 62.6 cm³/mol. The van der Waals surface area contributed by atoms with Gasteiger partial charge in [-0.15, -0.1) is 0 Å². The summed E-state index contributed by atoms with van der Waals surface area (Å²) >= 11 is 0. The molecule has 0 spiro atoms. The van der Waals surface area contributed by atoms with E-state index in [0.29, 0.717) is 5.56 Å². The Hall–Kier alpha value is -2.68. The summed E-state index contributed by atoms with van der Waals surface area (Å²) in [7, 11) is 0. The number of nitrogens with zero attached hydrogens (tertiary/aromatic N) is 2. The van der Waals surface area contributed by atoms with Crippen LogP contribution in [-0.2, 0) is 4.74 Å². The van der Waals surface area contributed by atoms with Crippen LogP contribution in [0.1, 0.15) is 23.0 Å². The first kappa shape index (κ1) is 12.8. The van der Waals surface area contributed by atoms with Crippen molar-refractivity contribution >= 4 is 5.97 Å². The molecule has 2 aromatic rings.